The molecule has 0 saturated heterocycles. The summed E-state index contributed by atoms with van der Waals surface area (Å²) in [5, 5.41) is 11.9. The molecule has 1 heterocycles. The number of non-ortho nitro benzene ring substituents is 1. The Morgan fingerprint density at radius 1 is 1.20 bits per heavy atom. The number of carbonyl (C=O) groups excluding carboxylic acids is 1. The number of hydrogen-bond acceptors (Lipinski definition) is 5. The van der Waals surface area contributed by atoms with Crippen LogP contribution in [0, 0.1) is 10.1 Å². The Kier molecular flexibility index (Phi) is 4.30. The lowest BCUT2D eigenvalue weighted by Gasteiger charge is -2.21. The molecule has 0 saturated carbocycles. The van der Waals surface area contributed by atoms with Gasteiger partial charge in [0.25, 0.3) is 5.69 Å². The highest BCUT2D eigenvalue weighted by molar-refractivity contribution is 5.96. The number of anilines is 1. The van der Waals surface area contributed by atoms with Gasteiger partial charge in [-0.1, -0.05) is 24.3 Å². The number of amides is 1. The normalized spacial score (nSPS) is 10.6. The lowest BCUT2D eigenvalue weighted by atomic mass is 10.1. The van der Waals surface area contributed by atoms with Crippen LogP contribution in [0.4, 0.5) is 11.4 Å². The quantitative estimate of drug-likeness (QED) is 0.570. The van der Waals surface area contributed by atoms with Crippen molar-refractivity contribution in [3.05, 3.63) is 76.0 Å². The summed E-state index contributed by atoms with van der Waals surface area (Å²) in [6.45, 7) is 0.570. The van der Waals surface area contributed by atoms with Crippen molar-refractivity contribution in [2.24, 2.45) is 5.73 Å². The largest absolute Gasteiger partial charge is 0.370 e. The zero-order valence-corrected chi connectivity index (χ0v) is 13.5. The molecule has 0 aliphatic heterocycles. The van der Waals surface area contributed by atoms with Gasteiger partial charge in [-0.05, 0) is 23.8 Å². The maximum atomic E-state index is 11.2. The van der Waals surface area contributed by atoms with Crippen LogP contribution in [-0.2, 0) is 6.54 Å². The maximum Gasteiger partial charge on any atom is 0.295 e. The molecule has 0 spiro atoms. The van der Waals surface area contributed by atoms with Crippen LogP contribution < -0.4 is 10.6 Å². The summed E-state index contributed by atoms with van der Waals surface area (Å²) in [4.78, 5) is 28.0. The van der Waals surface area contributed by atoms with Gasteiger partial charge >= 0.3 is 0 Å². The van der Waals surface area contributed by atoms with Gasteiger partial charge in [0.15, 0.2) is 0 Å². The van der Waals surface area contributed by atoms with E-state index in [0.717, 1.165) is 11.3 Å². The van der Waals surface area contributed by atoms with E-state index in [2.05, 4.69) is 4.98 Å². The molecule has 0 atom stereocenters. The van der Waals surface area contributed by atoms with Crippen molar-refractivity contribution < 1.29 is 9.72 Å². The zero-order chi connectivity index (χ0) is 18.0. The number of hydrogen-bond donors (Lipinski definition) is 1. The van der Waals surface area contributed by atoms with Gasteiger partial charge < -0.3 is 10.6 Å². The summed E-state index contributed by atoms with van der Waals surface area (Å²) in [6, 6.07) is 13.8. The average molecular weight is 336 g/mol. The van der Waals surface area contributed by atoms with Crippen LogP contribution in [-0.4, -0.2) is 22.9 Å². The molecule has 3 aromatic rings. The fraction of sp³-hybridized carbons (Fsp3) is 0.111. The highest BCUT2D eigenvalue weighted by Gasteiger charge is 2.16. The Morgan fingerprint density at radius 2 is 1.92 bits per heavy atom. The Labute approximate surface area is 143 Å². The number of para-hydroxylation sites is 1. The molecular formula is C18H16N4O3. The van der Waals surface area contributed by atoms with Gasteiger partial charge in [-0.3, -0.25) is 14.9 Å². The van der Waals surface area contributed by atoms with Gasteiger partial charge in [-0.25, -0.2) is 4.98 Å². The smallest absolute Gasteiger partial charge is 0.295 e. The molecule has 1 amide bonds. The molecule has 7 heteroatoms. The number of carbonyl (C=O) groups is 1. The molecule has 0 bridgehead atoms. The van der Waals surface area contributed by atoms with Crippen molar-refractivity contribution >= 4 is 28.2 Å². The van der Waals surface area contributed by atoms with Crippen LogP contribution >= 0.6 is 0 Å². The predicted molar refractivity (Wildman–Crippen MR) is 95.5 cm³/mol. The van der Waals surface area contributed by atoms with E-state index in [1.807, 2.05) is 36.2 Å². The van der Waals surface area contributed by atoms with Crippen LogP contribution in [0.15, 0.2) is 54.7 Å². The second-order valence-corrected chi connectivity index (χ2v) is 5.68. The summed E-state index contributed by atoms with van der Waals surface area (Å²) in [5.41, 5.74) is 7.88. The van der Waals surface area contributed by atoms with Gasteiger partial charge in [0.2, 0.25) is 5.91 Å². The predicted octanol–water partition coefficient (Wildman–Crippen LogP) is 2.88. The fourth-order valence-corrected chi connectivity index (χ4v) is 2.76. The van der Waals surface area contributed by atoms with Gasteiger partial charge in [-0.15, -0.1) is 0 Å². The molecule has 2 N–H and O–H groups in total. The highest BCUT2D eigenvalue weighted by atomic mass is 16.6. The van der Waals surface area contributed by atoms with E-state index >= 15 is 0 Å². The third-order valence-corrected chi connectivity index (χ3v) is 3.99. The van der Waals surface area contributed by atoms with E-state index in [-0.39, 0.29) is 5.69 Å². The van der Waals surface area contributed by atoms with E-state index in [4.69, 9.17) is 5.73 Å². The van der Waals surface area contributed by atoms with Crippen LogP contribution in [0.1, 0.15) is 15.9 Å². The number of nitrogens with two attached hydrogens (primary N) is 1. The Morgan fingerprint density at radius 3 is 2.56 bits per heavy atom. The van der Waals surface area contributed by atoms with Crippen molar-refractivity contribution in [2.45, 2.75) is 6.54 Å². The second-order valence-electron chi connectivity index (χ2n) is 5.68. The molecular weight excluding hydrogens is 320 g/mol. The standard InChI is InChI=1S/C18H16N4O3/c1-21(11-12-5-7-13(8-6-12)18(19)23)15-9-10-20-17-14(15)3-2-4-16(17)22(24)25/h2-10H,11H2,1H3,(H2,19,23). The monoisotopic (exact) mass is 336 g/mol. The maximum absolute atomic E-state index is 11.2. The van der Waals surface area contributed by atoms with Crippen molar-refractivity contribution in [1.29, 1.82) is 0 Å². The number of rotatable bonds is 5. The molecule has 2 aromatic carbocycles. The van der Waals surface area contributed by atoms with Crippen LogP contribution in [0.3, 0.4) is 0 Å². The third kappa shape index (κ3) is 3.25. The summed E-state index contributed by atoms with van der Waals surface area (Å²) < 4.78 is 0. The van der Waals surface area contributed by atoms with Crippen LogP contribution in [0.2, 0.25) is 0 Å². The van der Waals surface area contributed by atoms with Gasteiger partial charge in [0.1, 0.15) is 5.52 Å². The van der Waals surface area contributed by atoms with Gasteiger partial charge in [0.05, 0.1) is 4.92 Å². The molecule has 7 nitrogen and oxygen atoms in total. The number of pyridine rings is 1. The molecule has 0 aliphatic carbocycles. The Hall–Kier alpha value is -3.48. The Bertz CT molecular complexity index is 954. The molecule has 0 unspecified atom stereocenters. The van der Waals surface area contributed by atoms with Gasteiger partial charge in [0, 0.05) is 42.5 Å². The number of nitrogens with zero attached hydrogens (tertiary/aromatic N) is 3. The lowest BCUT2D eigenvalue weighted by molar-refractivity contribution is -0.383. The number of nitro benzene ring substituents is 1. The first kappa shape index (κ1) is 16.4. The number of nitro groups is 1. The molecule has 25 heavy (non-hydrogen) atoms. The van der Waals surface area contributed by atoms with E-state index in [9.17, 15) is 14.9 Å². The topological polar surface area (TPSA) is 102 Å². The highest BCUT2D eigenvalue weighted by Crippen LogP contribution is 2.30. The second kappa shape index (κ2) is 6.56. The minimum atomic E-state index is -0.465. The molecule has 0 fully saturated rings. The van der Waals surface area contributed by atoms with E-state index in [1.165, 1.54) is 6.07 Å². The molecule has 0 radical (unpaired) electrons. The van der Waals surface area contributed by atoms with Gasteiger partial charge in [-0.2, -0.15) is 0 Å². The number of primary amides is 1. The first-order valence-electron chi connectivity index (χ1n) is 7.59. The lowest BCUT2D eigenvalue weighted by Crippen LogP contribution is -2.17. The van der Waals surface area contributed by atoms with E-state index in [1.54, 1.807) is 24.4 Å². The minimum Gasteiger partial charge on any atom is -0.370 e. The average Bonchev–Trinajstić information content (AvgIpc) is 2.60. The zero-order valence-electron chi connectivity index (χ0n) is 13.5. The molecule has 3 rings (SSSR count). The number of aromatic nitrogens is 1. The van der Waals surface area contributed by atoms with E-state index < -0.39 is 10.8 Å². The van der Waals surface area contributed by atoms with Crippen molar-refractivity contribution in [3.8, 4) is 0 Å². The third-order valence-electron chi connectivity index (χ3n) is 3.99. The number of fused-ring (bicyclic) bond motifs is 1. The summed E-state index contributed by atoms with van der Waals surface area (Å²) >= 11 is 0. The van der Waals surface area contributed by atoms with Crippen LogP contribution in [0.5, 0.6) is 0 Å². The first-order valence-corrected chi connectivity index (χ1v) is 7.59. The van der Waals surface area contributed by atoms with Crippen molar-refractivity contribution in [2.75, 3.05) is 11.9 Å². The minimum absolute atomic E-state index is 0.0152. The Balaban J connectivity index is 1.94. The SMILES string of the molecule is CN(Cc1ccc(C(N)=O)cc1)c1ccnc2c([N+](=O)[O-])cccc12. The van der Waals surface area contributed by atoms with Crippen molar-refractivity contribution in [3.63, 3.8) is 0 Å². The molecule has 1 aromatic heterocycles. The molecule has 126 valence electrons. The summed E-state index contributed by atoms with van der Waals surface area (Å²) in [5.74, 6) is -0.465. The molecule has 0 aliphatic rings. The van der Waals surface area contributed by atoms with Crippen molar-refractivity contribution in [1.82, 2.24) is 4.98 Å². The fourth-order valence-electron chi connectivity index (χ4n) is 2.76. The van der Waals surface area contributed by atoms with Crippen LogP contribution in [0.25, 0.3) is 10.9 Å². The number of benzene rings is 2. The first-order chi connectivity index (χ1) is 12.0. The summed E-state index contributed by atoms with van der Waals surface area (Å²) in [6.07, 6.45) is 1.57. The summed E-state index contributed by atoms with van der Waals surface area (Å²) in [7, 11) is 1.90. The van der Waals surface area contributed by atoms with E-state index in [0.29, 0.717) is 23.0 Å².